The molecule has 0 saturated carbocycles. The van der Waals surface area contributed by atoms with Crippen LogP contribution >= 0.6 is 34.8 Å². The molecule has 6 heteroatoms. The van der Waals surface area contributed by atoms with E-state index >= 15 is 0 Å². The van der Waals surface area contributed by atoms with Gasteiger partial charge in [-0.05, 0) is 44.2 Å². The highest BCUT2D eigenvalue weighted by molar-refractivity contribution is 6.34. The molecule has 21 heavy (non-hydrogen) atoms. The van der Waals surface area contributed by atoms with Gasteiger partial charge in [-0.15, -0.1) is 0 Å². The minimum Gasteiger partial charge on any atom is -0.305 e. The molecule has 2 aromatic rings. The largest absolute Gasteiger partial charge is 0.305 e. The number of nitrogens with one attached hydrogen (secondary N) is 1. The van der Waals surface area contributed by atoms with Gasteiger partial charge < -0.3 is 5.32 Å². The Morgan fingerprint density at radius 2 is 1.90 bits per heavy atom. The van der Waals surface area contributed by atoms with Crippen LogP contribution in [0.5, 0.6) is 0 Å². The summed E-state index contributed by atoms with van der Waals surface area (Å²) in [6.07, 6.45) is 1.67. The average Bonchev–Trinajstić information content (AvgIpc) is 2.81. The normalized spacial score (nSPS) is 12.9. The Morgan fingerprint density at radius 1 is 1.19 bits per heavy atom. The van der Waals surface area contributed by atoms with Crippen LogP contribution in [-0.2, 0) is 0 Å². The molecular formula is C15H18Cl3N3. The zero-order chi connectivity index (χ0) is 15.6. The summed E-state index contributed by atoms with van der Waals surface area (Å²) in [5.41, 5.74) is 1.80. The van der Waals surface area contributed by atoms with E-state index in [0.717, 1.165) is 17.8 Å². The first kappa shape index (κ1) is 16.6. The molecule has 2 rings (SSSR count). The molecule has 1 heterocycles. The highest BCUT2D eigenvalue weighted by Gasteiger charge is 2.24. The molecule has 0 aliphatic heterocycles. The van der Waals surface area contributed by atoms with Crippen LogP contribution in [0.25, 0.3) is 0 Å². The van der Waals surface area contributed by atoms with Crippen LogP contribution in [0.1, 0.15) is 44.1 Å². The van der Waals surface area contributed by atoms with E-state index in [2.05, 4.69) is 24.3 Å². The molecule has 1 N–H and O–H groups in total. The van der Waals surface area contributed by atoms with Crippen molar-refractivity contribution < 1.29 is 0 Å². The highest BCUT2D eigenvalue weighted by Crippen LogP contribution is 2.34. The van der Waals surface area contributed by atoms with Gasteiger partial charge >= 0.3 is 0 Å². The quantitative estimate of drug-likeness (QED) is 0.814. The SMILES string of the molecule is CCNC(c1cc(Cl)ccc1Cl)c1c(Cl)cnn1C(C)C. The fourth-order valence-electron chi connectivity index (χ4n) is 2.33. The Morgan fingerprint density at radius 3 is 2.52 bits per heavy atom. The molecule has 0 aliphatic carbocycles. The van der Waals surface area contributed by atoms with E-state index in [4.69, 9.17) is 34.8 Å². The second-order valence-electron chi connectivity index (χ2n) is 5.07. The van der Waals surface area contributed by atoms with Crippen LogP contribution in [0.15, 0.2) is 24.4 Å². The van der Waals surface area contributed by atoms with Gasteiger partial charge in [0.1, 0.15) is 0 Å². The summed E-state index contributed by atoms with van der Waals surface area (Å²) in [5, 5.41) is 9.69. The lowest BCUT2D eigenvalue weighted by Gasteiger charge is -2.23. The Hall–Kier alpha value is -0.740. The Labute approximate surface area is 140 Å². The molecule has 0 aliphatic rings. The van der Waals surface area contributed by atoms with Gasteiger partial charge in [0.2, 0.25) is 0 Å². The first-order valence-corrected chi connectivity index (χ1v) is 8.00. The van der Waals surface area contributed by atoms with Crippen LogP contribution in [0.4, 0.5) is 0 Å². The lowest BCUT2D eigenvalue weighted by molar-refractivity contribution is 0.476. The van der Waals surface area contributed by atoms with Crippen molar-refractivity contribution in [2.45, 2.75) is 32.9 Å². The number of halogens is 3. The first-order chi connectivity index (χ1) is 9.95. The summed E-state index contributed by atoms with van der Waals surface area (Å²) in [7, 11) is 0. The van der Waals surface area contributed by atoms with E-state index in [9.17, 15) is 0 Å². The lowest BCUT2D eigenvalue weighted by Crippen LogP contribution is -2.26. The molecule has 0 spiro atoms. The molecule has 0 bridgehead atoms. The predicted octanol–water partition coefficient (Wildman–Crippen LogP) is 5.12. The van der Waals surface area contributed by atoms with Crippen molar-refractivity contribution in [1.29, 1.82) is 0 Å². The first-order valence-electron chi connectivity index (χ1n) is 6.87. The van der Waals surface area contributed by atoms with Gasteiger partial charge in [-0.25, -0.2) is 0 Å². The summed E-state index contributed by atoms with van der Waals surface area (Å²) >= 11 is 18.8. The Kier molecular flexibility index (Phi) is 5.55. The molecule has 3 nitrogen and oxygen atoms in total. The van der Waals surface area contributed by atoms with Gasteiger partial charge in [0, 0.05) is 16.1 Å². The second-order valence-corrected chi connectivity index (χ2v) is 6.32. The molecule has 1 aromatic heterocycles. The topological polar surface area (TPSA) is 29.9 Å². The number of aromatic nitrogens is 2. The standard InChI is InChI=1S/C15H18Cl3N3/c1-4-19-14(11-7-10(16)5-6-12(11)17)15-13(18)8-20-21(15)9(2)3/h5-9,14,19H,4H2,1-3H3. The molecule has 0 radical (unpaired) electrons. The van der Waals surface area contributed by atoms with E-state index in [0.29, 0.717) is 15.1 Å². The molecule has 114 valence electrons. The maximum absolute atomic E-state index is 6.36. The summed E-state index contributed by atoms with van der Waals surface area (Å²) in [5.74, 6) is 0. The van der Waals surface area contributed by atoms with Crippen molar-refractivity contribution in [3.63, 3.8) is 0 Å². The predicted molar refractivity (Wildman–Crippen MR) is 89.6 cm³/mol. The Balaban J connectivity index is 2.59. The van der Waals surface area contributed by atoms with Crippen LogP contribution in [0.3, 0.4) is 0 Å². The molecular weight excluding hydrogens is 329 g/mol. The summed E-state index contributed by atoms with van der Waals surface area (Å²) in [4.78, 5) is 0. The maximum Gasteiger partial charge on any atom is 0.0837 e. The molecule has 0 saturated heterocycles. The minimum absolute atomic E-state index is 0.154. The smallest absolute Gasteiger partial charge is 0.0837 e. The number of rotatable bonds is 5. The molecule has 1 unspecified atom stereocenters. The molecule has 1 atom stereocenters. The van der Waals surface area contributed by atoms with E-state index < -0.39 is 0 Å². The number of hydrogen-bond acceptors (Lipinski definition) is 2. The van der Waals surface area contributed by atoms with Gasteiger partial charge in [-0.2, -0.15) is 5.10 Å². The van der Waals surface area contributed by atoms with E-state index in [1.54, 1.807) is 18.3 Å². The third-order valence-electron chi connectivity index (χ3n) is 3.23. The fraction of sp³-hybridized carbons (Fsp3) is 0.400. The lowest BCUT2D eigenvalue weighted by atomic mass is 10.0. The monoisotopic (exact) mass is 345 g/mol. The van der Waals surface area contributed by atoms with Crippen molar-refractivity contribution in [3.8, 4) is 0 Å². The van der Waals surface area contributed by atoms with E-state index in [-0.39, 0.29) is 12.1 Å². The van der Waals surface area contributed by atoms with Gasteiger partial charge in [0.05, 0.1) is 23.0 Å². The average molecular weight is 347 g/mol. The van der Waals surface area contributed by atoms with E-state index in [1.165, 1.54) is 0 Å². The maximum atomic E-state index is 6.36. The van der Waals surface area contributed by atoms with Crippen molar-refractivity contribution in [2.24, 2.45) is 0 Å². The van der Waals surface area contributed by atoms with Crippen molar-refractivity contribution in [1.82, 2.24) is 15.1 Å². The van der Waals surface area contributed by atoms with Crippen LogP contribution < -0.4 is 5.32 Å². The number of benzene rings is 1. The highest BCUT2D eigenvalue weighted by atomic mass is 35.5. The van der Waals surface area contributed by atoms with Crippen molar-refractivity contribution >= 4 is 34.8 Å². The minimum atomic E-state index is -0.154. The van der Waals surface area contributed by atoms with Gasteiger partial charge in [-0.1, -0.05) is 41.7 Å². The van der Waals surface area contributed by atoms with Gasteiger partial charge in [0.25, 0.3) is 0 Å². The van der Waals surface area contributed by atoms with Crippen molar-refractivity contribution in [3.05, 3.63) is 50.7 Å². The molecule has 0 amide bonds. The summed E-state index contributed by atoms with van der Waals surface area (Å²) in [6, 6.07) is 5.49. The second kappa shape index (κ2) is 7.01. The fourth-order valence-corrected chi connectivity index (χ4v) is 2.97. The van der Waals surface area contributed by atoms with Crippen LogP contribution in [-0.4, -0.2) is 16.3 Å². The van der Waals surface area contributed by atoms with E-state index in [1.807, 2.05) is 17.7 Å². The zero-order valence-corrected chi connectivity index (χ0v) is 14.5. The summed E-state index contributed by atoms with van der Waals surface area (Å²) < 4.78 is 1.91. The van der Waals surface area contributed by atoms with Gasteiger partial charge in [-0.3, -0.25) is 4.68 Å². The molecule has 1 aromatic carbocycles. The summed E-state index contributed by atoms with van der Waals surface area (Å²) in [6.45, 7) is 6.94. The van der Waals surface area contributed by atoms with Crippen LogP contribution in [0.2, 0.25) is 15.1 Å². The zero-order valence-electron chi connectivity index (χ0n) is 12.2. The molecule has 0 fully saturated rings. The number of hydrogen-bond donors (Lipinski definition) is 1. The Bertz CT molecular complexity index is 623. The van der Waals surface area contributed by atoms with Crippen LogP contribution in [0, 0.1) is 0 Å². The number of nitrogens with zero attached hydrogens (tertiary/aromatic N) is 2. The third kappa shape index (κ3) is 3.54. The third-order valence-corrected chi connectivity index (χ3v) is 4.10. The van der Waals surface area contributed by atoms with Gasteiger partial charge in [0.15, 0.2) is 0 Å². The van der Waals surface area contributed by atoms with Crippen molar-refractivity contribution in [2.75, 3.05) is 6.54 Å².